The van der Waals surface area contributed by atoms with Crippen molar-refractivity contribution in [2.45, 2.75) is 39.7 Å². The van der Waals surface area contributed by atoms with E-state index in [1.807, 2.05) is 19.2 Å². The Labute approximate surface area is 149 Å². The third-order valence-corrected chi connectivity index (χ3v) is 5.02. The van der Waals surface area contributed by atoms with Crippen molar-refractivity contribution < 1.29 is 18.7 Å². The number of nitrogens with zero attached hydrogens (tertiary/aromatic N) is 2. The molecule has 134 valence electrons. The van der Waals surface area contributed by atoms with Crippen molar-refractivity contribution in [1.29, 1.82) is 0 Å². The van der Waals surface area contributed by atoms with Crippen LogP contribution in [0.4, 0.5) is 0 Å². The van der Waals surface area contributed by atoms with Gasteiger partial charge >= 0.3 is 5.97 Å². The number of esters is 1. The first kappa shape index (κ1) is 17.6. The zero-order valence-electron chi connectivity index (χ0n) is 14.7. The molecule has 1 fully saturated rings. The summed E-state index contributed by atoms with van der Waals surface area (Å²) in [4.78, 5) is 32.5. The fourth-order valence-electron chi connectivity index (χ4n) is 2.45. The number of methoxy groups -OCH3 is 1. The standard InChI is InChI=1S/C17H21N3O4S/c1-8(2)12(19-14(21)10-5-6-10)16-18-11(7-25-16)15-20-13(9(3)24-15)17(22)23-4/h7-8,10,12H,5-6H2,1-4H3,(H,19,21)/t12-/m0/s1. The summed E-state index contributed by atoms with van der Waals surface area (Å²) in [5.41, 5.74) is 0.694. The molecule has 7 nitrogen and oxygen atoms in total. The van der Waals surface area contributed by atoms with E-state index in [2.05, 4.69) is 20.0 Å². The molecule has 0 radical (unpaired) electrons. The fourth-order valence-corrected chi connectivity index (χ4v) is 3.47. The summed E-state index contributed by atoms with van der Waals surface area (Å²) in [7, 11) is 1.30. The molecule has 0 bridgehead atoms. The molecule has 0 spiro atoms. The quantitative estimate of drug-likeness (QED) is 0.793. The zero-order chi connectivity index (χ0) is 18.1. The van der Waals surface area contributed by atoms with Crippen LogP contribution in [-0.4, -0.2) is 29.0 Å². The Balaban J connectivity index is 1.82. The number of thiazole rings is 1. The Morgan fingerprint density at radius 3 is 2.68 bits per heavy atom. The molecule has 25 heavy (non-hydrogen) atoms. The maximum absolute atomic E-state index is 12.1. The predicted molar refractivity (Wildman–Crippen MR) is 92.1 cm³/mol. The predicted octanol–water partition coefficient (Wildman–Crippen LogP) is 3.12. The molecule has 1 aliphatic carbocycles. The molecule has 1 amide bonds. The lowest BCUT2D eigenvalue weighted by atomic mass is 10.0. The third kappa shape index (κ3) is 3.73. The maximum atomic E-state index is 12.1. The number of carbonyl (C=O) groups is 2. The van der Waals surface area contributed by atoms with E-state index in [0.717, 1.165) is 17.8 Å². The average molecular weight is 363 g/mol. The van der Waals surface area contributed by atoms with Crippen LogP contribution in [-0.2, 0) is 9.53 Å². The number of carbonyl (C=O) groups excluding carboxylic acids is 2. The first-order chi connectivity index (χ1) is 11.9. The SMILES string of the molecule is COC(=O)c1nc(-c2csc([C@@H](NC(=O)C3CC3)C(C)C)n2)oc1C. The van der Waals surface area contributed by atoms with E-state index in [1.165, 1.54) is 18.4 Å². The third-order valence-electron chi connectivity index (χ3n) is 4.10. The first-order valence-electron chi connectivity index (χ1n) is 8.22. The molecule has 0 aliphatic heterocycles. The highest BCUT2D eigenvalue weighted by Gasteiger charge is 2.33. The second kappa shape index (κ2) is 6.95. The van der Waals surface area contributed by atoms with Gasteiger partial charge < -0.3 is 14.5 Å². The summed E-state index contributed by atoms with van der Waals surface area (Å²) < 4.78 is 10.2. The smallest absolute Gasteiger partial charge is 0.360 e. The van der Waals surface area contributed by atoms with Gasteiger partial charge in [-0.1, -0.05) is 13.8 Å². The van der Waals surface area contributed by atoms with Crippen molar-refractivity contribution in [3.05, 3.63) is 21.8 Å². The highest BCUT2D eigenvalue weighted by molar-refractivity contribution is 7.10. The van der Waals surface area contributed by atoms with Crippen molar-refractivity contribution in [2.75, 3.05) is 7.11 Å². The molecule has 1 atom stereocenters. The monoisotopic (exact) mass is 363 g/mol. The van der Waals surface area contributed by atoms with Gasteiger partial charge in [0.1, 0.15) is 16.5 Å². The van der Waals surface area contributed by atoms with Gasteiger partial charge in [0.05, 0.1) is 13.2 Å². The van der Waals surface area contributed by atoms with Crippen LogP contribution < -0.4 is 5.32 Å². The lowest BCUT2D eigenvalue weighted by molar-refractivity contribution is -0.123. The molecule has 1 N–H and O–H groups in total. The summed E-state index contributed by atoms with van der Waals surface area (Å²) in [5.74, 6) is 0.571. The van der Waals surface area contributed by atoms with Crippen molar-refractivity contribution in [2.24, 2.45) is 11.8 Å². The van der Waals surface area contributed by atoms with Gasteiger partial charge in [0.15, 0.2) is 5.69 Å². The Kier molecular flexibility index (Phi) is 4.89. The highest BCUT2D eigenvalue weighted by Crippen LogP contribution is 2.33. The van der Waals surface area contributed by atoms with Crippen LogP contribution in [0.2, 0.25) is 0 Å². The fraction of sp³-hybridized carbons (Fsp3) is 0.529. The second-order valence-electron chi connectivity index (χ2n) is 6.49. The average Bonchev–Trinajstić information content (AvgIpc) is 3.20. The maximum Gasteiger partial charge on any atom is 0.360 e. The van der Waals surface area contributed by atoms with Gasteiger partial charge in [-0.15, -0.1) is 11.3 Å². The number of hydrogen-bond donors (Lipinski definition) is 1. The number of hydrogen-bond acceptors (Lipinski definition) is 7. The second-order valence-corrected chi connectivity index (χ2v) is 7.38. The number of amides is 1. The van der Waals surface area contributed by atoms with Crippen LogP contribution in [0.15, 0.2) is 9.80 Å². The molecule has 3 rings (SSSR count). The zero-order valence-corrected chi connectivity index (χ0v) is 15.5. The number of ether oxygens (including phenoxy) is 1. The summed E-state index contributed by atoms with van der Waals surface area (Å²) in [5, 5.41) is 5.71. The molecule has 2 aromatic heterocycles. The van der Waals surface area contributed by atoms with Gasteiger partial charge in [-0.3, -0.25) is 4.79 Å². The van der Waals surface area contributed by atoms with Crippen molar-refractivity contribution in [3.63, 3.8) is 0 Å². The number of nitrogens with one attached hydrogen (secondary N) is 1. The van der Waals surface area contributed by atoms with E-state index in [1.54, 1.807) is 6.92 Å². The van der Waals surface area contributed by atoms with Gasteiger partial charge in [-0.05, 0) is 25.7 Å². The topological polar surface area (TPSA) is 94.3 Å². The molecule has 0 saturated heterocycles. The molecule has 2 aromatic rings. The minimum absolute atomic E-state index is 0.0930. The van der Waals surface area contributed by atoms with E-state index in [4.69, 9.17) is 4.42 Å². The van der Waals surface area contributed by atoms with Gasteiger partial charge in [-0.25, -0.2) is 14.8 Å². The Morgan fingerprint density at radius 2 is 2.08 bits per heavy atom. The minimum atomic E-state index is -0.542. The molecule has 1 aliphatic rings. The molecular formula is C17H21N3O4S. The Bertz CT molecular complexity index is 792. The lowest BCUT2D eigenvalue weighted by Gasteiger charge is -2.20. The van der Waals surface area contributed by atoms with Crippen LogP contribution in [0.1, 0.15) is 54.0 Å². The van der Waals surface area contributed by atoms with Crippen LogP contribution in [0.3, 0.4) is 0 Å². The summed E-state index contributed by atoms with van der Waals surface area (Å²) in [6.07, 6.45) is 1.93. The summed E-state index contributed by atoms with van der Waals surface area (Å²) >= 11 is 1.44. The van der Waals surface area contributed by atoms with E-state index < -0.39 is 5.97 Å². The van der Waals surface area contributed by atoms with E-state index in [0.29, 0.717) is 11.5 Å². The van der Waals surface area contributed by atoms with Crippen molar-refractivity contribution in [3.8, 4) is 11.6 Å². The van der Waals surface area contributed by atoms with Crippen LogP contribution >= 0.6 is 11.3 Å². The van der Waals surface area contributed by atoms with Crippen molar-refractivity contribution in [1.82, 2.24) is 15.3 Å². The van der Waals surface area contributed by atoms with Gasteiger partial charge in [0.2, 0.25) is 11.8 Å². The normalized spacial score (nSPS) is 15.2. The highest BCUT2D eigenvalue weighted by atomic mass is 32.1. The molecule has 8 heteroatoms. The van der Waals surface area contributed by atoms with Crippen molar-refractivity contribution >= 4 is 23.2 Å². The Morgan fingerprint density at radius 1 is 1.36 bits per heavy atom. The largest absolute Gasteiger partial charge is 0.464 e. The first-order valence-corrected chi connectivity index (χ1v) is 9.10. The number of aryl methyl sites for hydroxylation is 1. The number of oxazole rings is 1. The van der Waals surface area contributed by atoms with E-state index in [9.17, 15) is 9.59 Å². The molecule has 0 unspecified atom stereocenters. The number of aromatic nitrogens is 2. The minimum Gasteiger partial charge on any atom is -0.464 e. The van der Waals surface area contributed by atoms with Crippen LogP contribution in [0.25, 0.3) is 11.6 Å². The summed E-state index contributed by atoms with van der Waals surface area (Å²) in [6.45, 7) is 5.75. The van der Waals surface area contributed by atoms with E-state index >= 15 is 0 Å². The summed E-state index contributed by atoms with van der Waals surface area (Å²) in [6, 6.07) is -0.150. The van der Waals surface area contributed by atoms with E-state index in [-0.39, 0.29) is 35.4 Å². The molecule has 1 saturated carbocycles. The van der Waals surface area contributed by atoms with Crippen LogP contribution in [0, 0.1) is 18.8 Å². The molecular weight excluding hydrogens is 342 g/mol. The lowest BCUT2D eigenvalue weighted by Crippen LogP contribution is -2.32. The molecule has 0 aromatic carbocycles. The van der Waals surface area contributed by atoms with Gasteiger partial charge in [-0.2, -0.15) is 0 Å². The van der Waals surface area contributed by atoms with Crippen LogP contribution in [0.5, 0.6) is 0 Å². The number of rotatable bonds is 6. The van der Waals surface area contributed by atoms with Gasteiger partial charge in [0.25, 0.3) is 0 Å². The molecule has 2 heterocycles. The van der Waals surface area contributed by atoms with Gasteiger partial charge in [0, 0.05) is 11.3 Å². The Hall–Kier alpha value is -2.22.